The molecule has 2 nitrogen and oxygen atoms in total. The van der Waals surface area contributed by atoms with Gasteiger partial charge in [-0.05, 0) is 36.1 Å². The minimum absolute atomic E-state index is 0.0606. The summed E-state index contributed by atoms with van der Waals surface area (Å²) in [4.78, 5) is 11.7. The van der Waals surface area contributed by atoms with Gasteiger partial charge in [-0.15, -0.1) is 0 Å². The van der Waals surface area contributed by atoms with E-state index in [1.54, 1.807) is 0 Å². The van der Waals surface area contributed by atoms with Crippen LogP contribution in [-0.2, 0) is 4.79 Å². The second-order valence-corrected chi connectivity index (χ2v) is 4.80. The van der Waals surface area contributed by atoms with E-state index in [2.05, 4.69) is 17.9 Å². The molecule has 1 fully saturated rings. The van der Waals surface area contributed by atoms with Crippen molar-refractivity contribution in [2.75, 3.05) is 11.1 Å². The van der Waals surface area contributed by atoms with Gasteiger partial charge in [-0.3, -0.25) is 4.79 Å². The average molecular weight is 257 g/mol. The van der Waals surface area contributed by atoms with Crippen molar-refractivity contribution in [3.05, 3.63) is 29.8 Å². The highest BCUT2D eigenvalue weighted by Gasteiger charge is 2.43. The molecule has 0 atom stereocenters. The molecule has 0 bridgehead atoms. The van der Waals surface area contributed by atoms with Crippen LogP contribution in [0.4, 0.5) is 14.5 Å². The topological polar surface area (TPSA) is 29.1 Å². The van der Waals surface area contributed by atoms with E-state index in [0.29, 0.717) is 5.75 Å². The van der Waals surface area contributed by atoms with Crippen LogP contribution in [0.2, 0.25) is 0 Å². The summed E-state index contributed by atoms with van der Waals surface area (Å²) in [6, 6.07) is 3.49. The number of benzene rings is 1. The van der Waals surface area contributed by atoms with Gasteiger partial charge in [0.2, 0.25) is 5.91 Å². The fraction of sp³-hybridized carbons (Fsp3) is 0.417. The molecule has 5 heteroatoms. The third-order valence-corrected chi connectivity index (χ3v) is 3.73. The number of hydrogen-bond donors (Lipinski definition) is 2. The summed E-state index contributed by atoms with van der Waals surface area (Å²) in [5.41, 5.74) is -0.429. The first-order valence-corrected chi connectivity index (χ1v) is 6.04. The Morgan fingerprint density at radius 3 is 2.41 bits per heavy atom. The number of para-hydroxylation sites is 1. The highest BCUT2D eigenvalue weighted by Crippen LogP contribution is 2.49. The van der Waals surface area contributed by atoms with Crippen molar-refractivity contribution < 1.29 is 13.6 Å². The normalized spacial score (nSPS) is 16.6. The van der Waals surface area contributed by atoms with Gasteiger partial charge < -0.3 is 5.32 Å². The van der Waals surface area contributed by atoms with Crippen LogP contribution in [0.25, 0.3) is 0 Å². The first-order chi connectivity index (χ1) is 8.06. The highest BCUT2D eigenvalue weighted by molar-refractivity contribution is 7.80. The van der Waals surface area contributed by atoms with E-state index in [9.17, 15) is 13.6 Å². The zero-order valence-electron chi connectivity index (χ0n) is 9.17. The van der Waals surface area contributed by atoms with Gasteiger partial charge in [0.25, 0.3) is 0 Å². The lowest BCUT2D eigenvalue weighted by Gasteiger charge is -2.12. The second-order valence-electron chi connectivity index (χ2n) is 4.48. The van der Waals surface area contributed by atoms with Crippen LogP contribution in [0.15, 0.2) is 18.2 Å². The van der Waals surface area contributed by atoms with Crippen LogP contribution in [0.3, 0.4) is 0 Å². The van der Waals surface area contributed by atoms with Gasteiger partial charge in [-0.1, -0.05) is 6.07 Å². The monoisotopic (exact) mass is 257 g/mol. The Balaban J connectivity index is 2.03. The lowest BCUT2D eigenvalue weighted by atomic mass is 10.1. The summed E-state index contributed by atoms with van der Waals surface area (Å²) in [5.74, 6) is -1.25. The molecule has 1 amide bonds. The van der Waals surface area contributed by atoms with E-state index < -0.39 is 11.6 Å². The molecule has 1 saturated carbocycles. The summed E-state index contributed by atoms with van der Waals surface area (Å²) in [5, 5.41) is 2.29. The maximum atomic E-state index is 13.3. The Morgan fingerprint density at radius 1 is 1.35 bits per heavy atom. The molecule has 1 aromatic carbocycles. The van der Waals surface area contributed by atoms with Gasteiger partial charge >= 0.3 is 0 Å². The first-order valence-electron chi connectivity index (χ1n) is 5.41. The number of thiol groups is 1. The van der Waals surface area contributed by atoms with E-state index in [1.165, 1.54) is 6.07 Å². The summed E-state index contributed by atoms with van der Waals surface area (Å²) in [7, 11) is 0. The van der Waals surface area contributed by atoms with Crippen LogP contribution in [0.5, 0.6) is 0 Å². The Morgan fingerprint density at radius 2 is 1.94 bits per heavy atom. The van der Waals surface area contributed by atoms with Crippen molar-refractivity contribution in [1.82, 2.24) is 0 Å². The standard InChI is InChI=1S/C12H13F2NOS/c13-8-2-1-3-9(14)11(8)15-10(16)6-12(7-17)4-5-12/h1-3,17H,4-7H2,(H,15,16). The molecule has 0 saturated heterocycles. The lowest BCUT2D eigenvalue weighted by Crippen LogP contribution is -2.19. The first kappa shape index (κ1) is 12.4. The van der Waals surface area contributed by atoms with Crippen molar-refractivity contribution >= 4 is 24.2 Å². The van der Waals surface area contributed by atoms with E-state index in [4.69, 9.17) is 0 Å². The summed E-state index contributed by atoms with van der Waals surface area (Å²) < 4.78 is 26.5. The van der Waals surface area contributed by atoms with Crippen LogP contribution in [0.1, 0.15) is 19.3 Å². The number of anilines is 1. The Hall–Kier alpha value is -1.10. The third kappa shape index (κ3) is 2.77. The highest BCUT2D eigenvalue weighted by atomic mass is 32.1. The van der Waals surface area contributed by atoms with E-state index >= 15 is 0 Å². The zero-order valence-corrected chi connectivity index (χ0v) is 10.1. The Kier molecular flexibility index (Phi) is 3.38. The Bertz CT molecular complexity index is 426. The number of halogens is 2. The van der Waals surface area contributed by atoms with Gasteiger partial charge in [0.1, 0.15) is 17.3 Å². The average Bonchev–Trinajstić information content (AvgIpc) is 3.04. The third-order valence-electron chi connectivity index (χ3n) is 3.06. The molecule has 0 radical (unpaired) electrons. The summed E-state index contributed by atoms with van der Waals surface area (Å²) >= 11 is 4.18. The fourth-order valence-corrected chi connectivity index (χ4v) is 2.14. The van der Waals surface area contributed by atoms with Crippen molar-refractivity contribution in [2.24, 2.45) is 5.41 Å². The maximum Gasteiger partial charge on any atom is 0.225 e. The molecule has 1 aromatic rings. The molecule has 0 aliphatic heterocycles. The fourth-order valence-electron chi connectivity index (χ4n) is 1.71. The minimum Gasteiger partial charge on any atom is -0.321 e. The Labute approximate surface area is 104 Å². The predicted octanol–water partition coefficient (Wildman–Crippen LogP) is 3.00. The van der Waals surface area contributed by atoms with Gasteiger partial charge in [0.15, 0.2) is 0 Å². The number of amides is 1. The van der Waals surface area contributed by atoms with Crippen molar-refractivity contribution in [3.63, 3.8) is 0 Å². The molecule has 0 unspecified atom stereocenters. The molecule has 0 aromatic heterocycles. The van der Waals surface area contributed by atoms with Crippen LogP contribution < -0.4 is 5.32 Å². The number of carbonyl (C=O) groups excluding carboxylic acids is 1. The van der Waals surface area contributed by atoms with Crippen LogP contribution in [0, 0.1) is 17.0 Å². The molecule has 1 aliphatic rings. The summed E-state index contributed by atoms with van der Waals surface area (Å²) in [6.07, 6.45) is 2.16. The molecule has 0 heterocycles. The SMILES string of the molecule is O=C(CC1(CS)CC1)Nc1c(F)cccc1F. The molecule has 92 valence electrons. The molecule has 0 spiro atoms. The number of rotatable bonds is 4. The van der Waals surface area contributed by atoms with Crippen LogP contribution in [-0.4, -0.2) is 11.7 Å². The minimum atomic E-state index is -0.755. The van der Waals surface area contributed by atoms with E-state index in [1.807, 2.05) is 0 Å². The molecular formula is C12H13F2NOS. The maximum absolute atomic E-state index is 13.3. The number of carbonyl (C=O) groups is 1. The zero-order chi connectivity index (χ0) is 12.5. The van der Waals surface area contributed by atoms with Gasteiger partial charge in [0, 0.05) is 6.42 Å². The van der Waals surface area contributed by atoms with Crippen LogP contribution >= 0.6 is 12.6 Å². The molecule has 1 N–H and O–H groups in total. The van der Waals surface area contributed by atoms with Crippen molar-refractivity contribution in [1.29, 1.82) is 0 Å². The number of hydrogen-bond acceptors (Lipinski definition) is 2. The molecule has 1 aliphatic carbocycles. The van der Waals surface area contributed by atoms with E-state index in [0.717, 1.165) is 25.0 Å². The second kappa shape index (κ2) is 4.64. The lowest BCUT2D eigenvalue weighted by molar-refractivity contribution is -0.117. The largest absolute Gasteiger partial charge is 0.321 e. The van der Waals surface area contributed by atoms with E-state index in [-0.39, 0.29) is 23.4 Å². The smallest absolute Gasteiger partial charge is 0.225 e. The predicted molar refractivity (Wildman–Crippen MR) is 65.1 cm³/mol. The number of nitrogens with one attached hydrogen (secondary N) is 1. The van der Waals surface area contributed by atoms with Gasteiger partial charge in [-0.25, -0.2) is 8.78 Å². The summed E-state index contributed by atoms with van der Waals surface area (Å²) in [6.45, 7) is 0. The quantitative estimate of drug-likeness (QED) is 0.798. The van der Waals surface area contributed by atoms with Gasteiger partial charge in [0.05, 0.1) is 0 Å². The van der Waals surface area contributed by atoms with Gasteiger partial charge in [-0.2, -0.15) is 12.6 Å². The van der Waals surface area contributed by atoms with Crippen molar-refractivity contribution in [3.8, 4) is 0 Å². The molecular weight excluding hydrogens is 244 g/mol. The van der Waals surface area contributed by atoms with Crippen molar-refractivity contribution in [2.45, 2.75) is 19.3 Å². The molecule has 17 heavy (non-hydrogen) atoms. The molecule has 2 rings (SSSR count).